The van der Waals surface area contributed by atoms with Crippen molar-refractivity contribution in [1.82, 2.24) is 10.2 Å². The maximum absolute atomic E-state index is 13.8. The molecule has 0 spiro atoms. The highest BCUT2D eigenvalue weighted by atomic mass is 79.9. The summed E-state index contributed by atoms with van der Waals surface area (Å²) in [6, 6.07) is 19.0. The normalized spacial score (nSPS) is 12.5. The molecule has 0 heterocycles. The first-order chi connectivity index (χ1) is 17.8. The third-order valence-corrected chi connectivity index (χ3v) is 7.91. The van der Waals surface area contributed by atoms with Crippen molar-refractivity contribution in [2.75, 3.05) is 10.8 Å². The second-order valence-corrected chi connectivity index (χ2v) is 12.6. The van der Waals surface area contributed by atoms with E-state index in [0.29, 0.717) is 0 Å². The second kappa shape index (κ2) is 12.1. The highest BCUT2D eigenvalue weighted by molar-refractivity contribution is 9.10. The van der Waals surface area contributed by atoms with Crippen molar-refractivity contribution in [3.05, 3.63) is 94.7 Å². The Labute approximate surface area is 231 Å². The molecule has 202 valence electrons. The van der Waals surface area contributed by atoms with Crippen molar-refractivity contribution in [3.63, 3.8) is 0 Å². The van der Waals surface area contributed by atoms with Crippen LogP contribution in [-0.4, -0.2) is 43.3 Å². The smallest absolute Gasteiger partial charge is 0.264 e. The van der Waals surface area contributed by atoms with Crippen LogP contribution < -0.4 is 9.62 Å². The first-order valence-corrected chi connectivity index (χ1v) is 14.2. The van der Waals surface area contributed by atoms with Gasteiger partial charge in [-0.05, 0) is 81.8 Å². The number of carbonyl (C=O) groups is 2. The monoisotopic (exact) mass is 603 g/mol. The zero-order chi connectivity index (χ0) is 28.1. The van der Waals surface area contributed by atoms with E-state index in [1.165, 1.54) is 29.2 Å². The lowest BCUT2D eigenvalue weighted by atomic mass is 10.1. The summed E-state index contributed by atoms with van der Waals surface area (Å²) in [6.07, 6.45) is 0. The third kappa shape index (κ3) is 7.64. The maximum Gasteiger partial charge on any atom is 0.264 e. The number of rotatable bonds is 9. The molecule has 0 saturated heterocycles. The summed E-state index contributed by atoms with van der Waals surface area (Å²) in [5, 5.41) is 2.88. The van der Waals surface area contributed by atoms with Crippen molar-refractivity contribution < 1.29 is 22.4 Å². The summed E-state index contributed by atoms with van der Waals surface area (Å²) in [5.74, 6) is -1.51. The molecule has 0 fully saturated rings. The van der Waals surface area contributed by atoms with Gasteiger partial charge in [0.15, 0.2) is 0 Å². The number of nitrogens with zero attached hydrogens (tertiary/aromatic N) is 2. The highest BCUT2D eigenvalue weighted by Gasteiger charge is 2.33. The Kier molecular flexibility index (Phi) is 9.32. The summed E-state index contributed by atoms with van der Waals surface area (Å²) < 4.78 is 42.7. The quantitative estimate of drug-likeness (QED) is 0.368. The van der Waals surface area contributed by atoms with Crippen molar-refractivity contribution in [1.29, 1.82) is 0 Å². The standard InChI is InChI=1S/C28H31BrFN3O4S/c1-20(27(35)31-28(2,3)4)32(18-21-9-8-10-22(29)17-21)26(34)19-33(24-15-13-23(30)14-16-24)38(36,37)25-11-6-5-7-12-25/h5-17,20H,18-19H2,1-4H3,(H,31,35)/t20-/m0/s1. The van der Waals surface area contributed by atoms with E-state index in [-0.39, 0.29) is 23.0 Å². The molecule has 1 atom stereocenters. The Balaban J connectivity index is 2.02. The molecule has 3 rings (SSSR count). The van der Waals surface area contributed by atoms with Gasteiger partial charge >= 0.3 is 0 Å². The van der Waals surface area contributed by atoms with Gasteiger partial charge in [0, 0.05) is 16.6 Å². The van der Waals surface area contributed by atoms with Gasteiger partial charge in [-0.3, -0.25) is 13.9 Å². The Bertz CT molecular complexity index is 1380. The van der Waals surface area contributed by atoms with Crippen LogP contribution in [0.25, 0.3) is 0 Å². The van der Waals surface area contributed by atoms with E-state index in [2.05, 4.69) is 21.2 Å². The predicted octanol–water partition coefficient (Wildman–Crippen LogP) is 5.12. The number of amides is 2. The fourth-order valence-electron chi connectivity index (χ4n) is 3.74. The lowest BCUT2D eigenvalue weighted by molar-refractivity contribution is -0.140. The Hall–Kier alpha value is -3.24. The zero-order valence-corrected chi connectivity index (χ0v) is 24.1. The van der Waals surface area contributed by atoms with E-state index in [1.54, 1.807) is 25.1 Å². The van der Waals surface area contributed by atoms with Gasteiger partial charge in [0.05, 0.1) is 10.6 Å². The summed E-state index contributed by atoms with van der Waals surface area (Å²) in [5.41, 5.74) is 0.340. The van der Waals surface area contributed by atoms with Crippen LogP contribution in [0.3, 0.4) is 0 Å². The van der Waals surface area contributed by atoms with E-state index in [0.717, 1.165) is 26.5 Å². The minimum absolute atomic E-state index is 0.0193. The van der Waals surface area contributed by atoms with E-state index in [9.17, 15) is 22.4 Å². The molecule has 0 saturated carbocycles. The molecule has 0 aliphatic carbocycles. The molecule has 2 amide bonds. The van der Waals surface area contributed by atoms with Crippen LogP contribution in [0, 0.1) is 5.82 Å². The molecule has 0 bridgehead atoms. The Morgan fingerprint density at radius 2 is 1.61 bits per heavy atom. The van der Waals surface area contributed by atoms with E-state index < -0.39 is 39.9 Å². The minimum atomic E-state index is -4.19. The van der Waals surface area contributed by atoms with Crippen LogP contribution >= 0.6 is 15.9 Å². The summed E-state index contributed by atoms with van der Waals surface area (Å²) in [6.45, 7) is 6.58. The molecule has 38 heavy (non-hydrogen) atoms. The van der Waals surface area contributed by atoms with Crippen LogP contribution in [0.5, 0.6) is 0 Å². The van der Waals surface area contributed by atoms with Crippen molar-refractivity contribution >= 4 is 43.5 Å². The lowest BCUT2D eigenvalue weighted by Gasteiger charge is -2.33. The van der Waals surface area contributed by atoms with Gasteiger partial charge in [-0.25, -0.2) is 12.8 Å². The number of benzene rings is 3. The molecule has 7 nitrogen and oxygen atoms in total. The average molecular weight is 605 g/mol. The van der Waals surface area contributed by atoms with Gasteiger partial charge in [0.25, 0.3) is 10.0 Å². The second-order valence-electron chi connectivity index (χ2n) is 9.87. The summed E-state index contributed by atoms with van der Waals surface area (Å²) >= 11 is 3.42. The van der Waals surface area contributed by atoms with Crippen LogP contribution in [0.2, 0.25) is 0 Å². The van der Waals surface area contributed by atoms with Crippen molar-refractivity contribution in [2.45, 2.75) is 50.7 Å². The topological polar surface area (TPSA) is 86.8 Å². The predicted molar refractivity (Wildman–Crippen MR) is 149 cm³/mol. The lowest BCUT2D eigenvalue weighted by Crippen LogP contribution is -2.54. The number of carbonyl (C=O) groups excluding carboxylic acids is 2. The molecular formula is C28H31BrFN3O4S. The van der Waals surface area contributed by atoms with Crippen molar-refractivity contribution in [2.24, 2.45) is 0 Å². The molecule has 3 aromatic rings. The average Bonchev–Trinajstić information content (AvgIpc) is 2.85. The number of hydrogen-bond acceptors (Lipinski definition) is 4. The fourth-order valence-corrected chi connectivity index (χ4v) is 5.63. The fraction of sp³-hybridized carbons (Fsp3) is 0.286. The Morgan fingerprint density at radius 1 is 0.974 bits per heavy atom. The van der Waals surface area contributed by atoms with E-state index in [1.807, 2.05) is 45.0 Å². The minimum Gasteiger partial charge on any atom is -0.350 e. The Morgan fingerprint density at radius 3 is 2.18 bits per heavy atom. The summed E-state index contributed by atoms with van der Waals surface area (Å²) in [4.78, 5) is 28.2. The maximum atomic E-state index is 13.8. The number of anilines is 1. The molecule has 0 radical (unpaired) electrons. The molecule has 0 unspecified atom stereocenters. The molecular weight excluding hydrogens is 573 g/mol. The number of halogens is 2. The van der Waals surface area contributed by atoms with Gasteiger partial charge in [-0.1, -0.05) is 46.3 Å². The molecule has 0 aromatic heterocycles. The molecule has 1 N–H and O–H groups in total. The van der Waals surface area contributed by atoms with Gasteiger partial charge in [-0.15, -0.1) is 0 Å². The van der Waals surface area contributed by atoms with Crippen LogP contribution in [0.4, 0.5) is 10.1 Å². The summed E-state index contributed by atoms with van der Waals surface area (Å²) in [7, 11) is -4.19. The van der Waals surface area contributed by atoms with Crippen molar-refractivity contribution in [3.8, 4) is 0 Å². The van der Waals surface area contributed by atoms with Gasteiger partial charge in [-0.2, -0.15) is 0 Å². The van der Waals surface area contributed by atoms with Crippen LogP contribution in [0.15, 0.2) is 88.2 Å². The van der Waals surface area contributed by atoms with Gasteiger partial charge < -0.3 is 10.2 Å². The first-order valence-electron chi connectivity index (χ1n) is 12.0. The number of nitrogens with one attached hydrogen (secondary N) is 1. The largest absolute Gasteiger partial charge is 0.350 e. The number of hydrogen-bond donors (Lipinski definition) is 1. The van der Waals surface area contributed by atoms with Gasteiger partial charge in [0.1, 0.15) is 18.4 Å². The molecule has 10 heteroatoms. The molecule has 0 aliphatic heterocycles. The van der Waals surface area contributed by atoms with Gasteiger partial charge in [0.2, 0.25) is 11.8 Å². The third-order valence-electron chi connectivity index (χ3n) is 5.63. The first kappa shape index (κ1) is 29.3. The zero-order valence-electron chi connectivity index (χ0n) is 21.7. The van der Waals surface area contributed by atoms with E-state index >= 15 is 0 Å². The SMILES string of the molecule is C[C@@H](C(=O)NC(C)(C)C)N(Cc1cccc(Br)c1)C(=O)CN(c1ccc(F)cc1)S(=O)(=O)c1ccccc1. The van der Waals surface area contributed by atoms with Crippen LogP contribution in [-0.2, 0) is 26.2 Å². The molecule has 0 aliphatic rings. The van der Waals surface area contributed by atoms with E-state index in [4.69, 9.17) is 0 Å². The van der Waals surface area contributed by atoms with Crippen LogP contribution in [0.1, 0.15) is 33.3 Å². The number of sulfonamides is 1. The molecule has 3 aromatic carbocycles. The highest BCUT2D eigenvalue weighted by Crippen LogP contribution is 2.25.